The molecule has 3 aromatic carbocycles. The third-order valence-electron chi connectivity index (χ3n) is 6.13. The molecule has 1 aliphatic carbocycles. The van der Waals surface area contributed by atoms with Crippen LogP contribution in [-0.2, 0) is 16.0 Å². The lowest BCUT2D eigenvalue weighted by Crippen LogP contribution is -2.22. The van der Waals surface area contributed by atoms with E-state index >= 15 is 0 Å². The number of para-hydroxylation sites is 2. The lowest BCUT2D eigenvalue weighted by molar-refractivity contribution is -0.119. The van der Waals surface area contributed by atoms with E-state index in [-0.39, 0.29) is 12.4 Å². The summed E-state index contributed by atoms with van der Waals surface area (Å²) >= 11 is 0. The molecule has 0 fully saturated rings. The Hall–Kier alpha value is -4.45. The average molecular weight is 465 g/mol. The summed E-state index contributed by atoms with van der Waals surface area (Å²) in [5, 5.41) is 13.1. The molecule has 6 heteroatoms. The third-order valence-corrected chi connectivity index (χ3v) is 6.13. The van der Waals surface area contributed by atoms with Gasteiger partial charge in [0.1, 0.15) is 5.75 Å². The molecule has 1 aromatic heterocycles. The van der Waals surface area contributed by atoms with Crippen LogP contribution in [0.25, 0.3) is 22.6 Å². The van der Waals surface area contributed by atoms with Crippen molar-refractivity contribution in [2.24, 2.45) is 0 Å². The first-order valence-electron chi connectivity index (χ1n) is 11.4. The van der Waals surface area contributed by atoms with Crippen LogP contribution in [0.3, 0.4) is 0 Å². The molecule has 174 valence electrons. The van der Waals surface area contributed by atoms with E-state index in [2.05, 4.69) is 5.32 Å². The molecule has 0 saturated heterocycles. The van der Waals surface area contributed by atoms with Gasteiger partial charge >= 0.3 is 5.97 Å². The molecule has 1 aliphatic rings. The predicted molar refractivity (Wildman–Crippen MR) is 136 cm³/mol. The van der Waals surface area contributed by atoms with Crippen molar-refractivity contribution in [3.8, 4) is 5.75 Å². The molecule has 35 heavy (non-hydrogen) atoms. The van der Waals surface area contributed by atoms with Crippen molar-refractivity contribution in [3.05, 3.63) is 101 Å². The van der Waals surface area contributed by atoms with E-state index in [4.69, 9.17) is 9.72 Å². The zero-order valence-corrected chi connectivity index (χ0v) is 19.2. The molecule has 1 amide bonds. The molecule has 0 saturated carbocycles. The quantitative estimate of drug-likeness (QED) is 0.379. The maximum absolute atomic E-state index is 13.3. The van der Waals surface area contributed by atoms with Crippen LogP contribution >= 0.6 is 0 Å². The summed E-state index contributed by atoms with van der Waals surface area (Å²) in [6.45, 7) is 1.52. The number of pyridine rings is 1. The number of aromatic hydroxyl groups is 1. The van der Waals surface area contributed by atoms with E-state index < -0.39 is 11.9 Å². The summed E-state index contributed by atoms with van der Waals surface area (Å²) in [5.41, 5.74) is 6.34. The molecule has 6 nitrogen and oxygen atoms in total. The molecule has 0 bridgehead atoms. The fraction of sp³-hybridized carbons (Fsp3) is 0.138. The number of hydrogen-bond acceptors (Lipinski definition) is 5. The minimum Gasteiger partial charge on any atom is -0.508 e. The Morgan fingerprint density at radius 1 is 1.00 bits per heavy atom. The van der Waals surface area contributed by atoms with E-state index in [9.17, 15) is 14.7 Å². The molecule has 0 spiro atoms. The van der Waals surface area contributed by atoms with E-state index in [1.165, 1.54) is 0 Å². The minimum absolute atomic E-state index is 0.208. The number of nitrogens with one attached hydrogen (secondary N) is 1. The Morgan fingerprint density at radius 3 is 2.54 bits per heavy atom. The molecule has 0 atom stereocenters. The summed E-state index contributed by atoms with van der Waals surface area (Å²) in [7, 11) is 0. The number of esters is 1. The van der Waals surface area contributed by atoms with Crippen LogP contribution in [0.5, 0.6) is 5.75 Å². The van der Waals surface area contributed by atoms with Crippen molar-refractivity contribution < 1.29 is 19.4 Å². The maximum Gasteiger partial charge on any atom is 0.339 e. The highest BCUT2D eigenvalue weighted by molar-refractivity contribution is 6.08. The van der Waals surface area contributed by atoms with Gasteiger partial charge in [-0.2, -0.15) is 0 Å². The van der Waals surface area contributed by atoms with Crippen molar-refractivity contribution >= 4 is 40.1 Å². The van der Waals surface area contributed by atoms with E-state index in [1.54, 1.807) is 18.2 Å². The number of phenolic OH excluding ortho intramolecular Hbond substituents is 1. The van der Waals surface area contributed by atoms with Gasteiger partial charge in [-0.15, -0.1) is 0 Å². The number of benzene rings is 3. The Kier molecular flexibility index (Phi) is 6.02. The first kappa shape index (κ1) is 22.3. The molecule has 1 heterocycles. The van der Waals surface area contributed by atoms with Crippen LogP contribution in [0.15, 0.2) is 72.8 Å². The Bertz CT molecular complexity index is 1470. The zero-order chi connectivity index (χ0) is 24.4. The largest absolute Gasteiger partial charge is 0.508 e. The van der Waals surface area contributed by atoms with Gasteiger partial charge in [0.2, 0.25) is 0 Å². The summed E-state index contributed by atoms with van der Waals surface area (Å²) in [5.74, 6) is -0.721. The molecule has 0 unspecified atom stereocenters. The molecule has 0 aliphatic heterocycles. The fourth-order valence-electron chi connectivity index (χ4n) is 4.39. The first-order valence-corrected chi connectivity index (χ1v) is 11.4. The number of aromatic nitrogens is 1. The number of rotatable bonds is 5. The number of nitrogens with zero attached hydrogens (tertiary/aromatic N) is 1. The molecule has 0 radical (unpaired) electrons. The number of phenols is 1. The number of hydrogen-bond donors (Lipinski definition) is 2. The highest BCUT2D eigenvalue weighted by Crippen LogP contribution is 2.38. The monoisotopic (exact) mass is 464 g/mol. The molecule has 2 N–H and O–H groups in total. The van der Waals surface area contributed by atoms with Crippen LogP contribution in [0.1, 0.15) is 39.2 Å². The standard InChI is InChI=1S/C29H24N2O4/c1-18-6-2-4-8-24(18)30-26(33)17-35-29(34)27-22-7-3-5-9-25(22)31-28-20(12-15-23(27)28)16-19-10-13-21(32)14-11-19/h2-11,13-14,16,32H,12,15,17H2,1H3,(H,30,33)/b20-16+. The van der Waals surface area contributed by atoms with Gasteiger partial charge in [0.15, 0.2) is 6.61 Å². The van der Waals surface area contributed by atoms with E-state index in [0.717, 1.165) is 34.4 Å². The lowest BCUT2D eigenvalue weighted by atomic mass is 10.0. The molecule has 4 aromatic rings. The summed E-state index contributed by atoms with van der Waals surface area (Å²) in [4.78, 5) is 30.6. The van der Waals surface area contributed by atoms with Gasteiger partial charge in [-0.3, -0.25) is 4.79 Å². The number of allylic oxidation sites excluding steroid dienone is 1. The van der Waals surface area contributed by atoms with Crippen molar-refractivity contribution in [1.29, 1.82) is 0 Å². The SMILES string of the molecule is Cc1ccccc1NC(=O)COC(=O)c1c2c(nc3ccccc13)/C(=C/c1ccc(O)cc1)CC2. The highest BCUT2D eigenvalue weighted by Gasteiger charge is 2.28. The van der Waals surface area contributed by atoms with E-state index in [0.29, 0.717) is 28.6 Å². The van der Waals surface area contributed by atoms with E-state index in [1.807, 2.05) is 67.6 Å². The van der Waals surface area contributed by atoms with Crippen molar-refractivity contribution in [1.82, 2.24) is 4.98 Å². The summed E-state index contributed by atoms with van der Waals surface area (Å²) in [6, 6.07) is 21.9. The van der Waals surface area contributed by atoms with Gasteiger partial charge in [0.25, 0.3) is 5.91 Å². The second-order valence-electron chi connectivity index (χ2n) is 8.53. The molecule has 5 rings (SSSR count). The van der Waals surface area contributed by atoms with Gasteiger partial charge in [-0.05, 0) is 72.4 Å². The number of aryl methyl sites for hydroxylation is 1. The topological polar surface area (TPSA) is 88.5 Å². The van der Waals surface area contributed by atoms with Gasteiger partial charge in [0.05, 0.1) is 16.8 Å². The number of carbonyl (C=O) groups is 2. The van der Waals surface area contributed by atoms with Gasteiger partial charge in [0, 0.05) is 11.1 Å². The number of anilines is 1. The Labute approximate surface area is 202 Å². The van der Waals surface area contributed by atoms with Crippen molar-refractivity contribution in [2.75, 3.05) is 11.9 Å². The van der Waals surface area contributed by atoms with Crippen molar-refractivity contribution in [3.63, 3.8) is 0 Å². The number of carbonyl (C=O) groups excluding carboxylic acids is 2. The molecular formula is C29H24N2O4. The molecular weight excluding hydrogens is 440 g/mol. The summed E-state index contributed by atoms with van der Waals surface area (Å²) < 4.78 is 5.48. The number of fused-ring (bicyclic) bond motifs is 2. The van der Waals surface area contributed by atoms with Crippen molar-refractivity contribution in [2.45, 2.75) is 19.8 Å². The maximum atomic E-state index is 13.3. The van der Waals surface area contributed by atoms with Crippen LogP contribution in [0.2, 0.25) is 0 Å². The highest BCUT2D eigenvalue weighted by atomic mass is 16.5. The van der Waals surface area contributed by atoms with Crippen LogP contribution < -0.4 is 5.32 Å². The third kappa shape index (κ3) is 4.64. The fourth-order valence-corrected chi connectivity index (χ4v) is 4.39. The minimum atomic E-state index is -0.536. The normalized spacial score (nSPS) is 13.6. The average Bonchev–Trinajstić information content (AvgIpc) is 3.25. The first-order chi connectivity index (χ1) is 17.0. The van der Waals surface area contributed by atoms with Gasteiger partial charge < -0.3 is 15.2 Å². The van der Waals surface area contributed by atoms with Gasteiger partial charge in [-0.1, -0.05) is 48.5 Å². The number of ether oxygens (including phenoxy) is 1. The Balaban J connectivity index is 1.44. The summed E-state index contributed by atoms with van der Waals surface area (Å²) in [6.07, 6.45) is 3.41. The van der Waals surface area contributed by atoms with Crippen LogP contribution in [0, 0.1) is 6.92 Å². The number of amides is 1. The van der Waals surface area contributed by atoms with Crippen LogP contribution in [-0.4, -0.2) is 28.6 Å². The predicted octanol–water partition coefficient (Wildman–Crippen LogP) is 5.53. The second-order valence-corrected chi connectivity index (χ2v) is 8.53. The smallest absolute Gasteiger partial charge is 0.339 e. The zero-order valence-electron chi connectivity index (χ0n) is 19.2. The second kappa shape index (κ2) is 9.43. The Morgan fingerprint density at radius 2 is 1.74 bits per heavy atom. The van der Waals surface area contributed by atoms with Gasteiger partial charge in [-0.25, -0.2) is 9.78 Å². The lowest BCUT2D eigenvalue weighted by Gasteiger charge is -2.13. The van der Waals surface area contributed by atoms with Crippen LogP contribution in [0.4, 0.5) is 5.69 Å².